The van der Waals surface area contributed by atoms with Crippen LogP contribution in [-0.4, -0.2) is 133 Å². The molecule has 0 saturated carbocycles. The Bertz CT molecular complexity index is 4390. The van der Waals surface area contributed by atoms with Crippen molar-refractivity contribution in [3.05, 3.63) is 151 Å². The van der Waals surface area contributed by atoms with Gasteiger partial charge < -0.3 is 38.6 Å². The van der Waals surface area contributed by atoms with Crippen molar-refractivity contribution in [3.8, 4) is 79.5 Å². The standard InChI is InChI=1S/C30H42N4O3.C30H41NO3.C29H40N4O3.C17H33BrO2.C16H31BrO2/c1-36-29(35)15-13-11-9-7-5-3-2-4-6-8-10-12-14-24-37-28-22-20-26(21-23-28)25-16-18-27(19-17-25)30-31-33-34-32-30;1-33-30(32)15-13-11-9-7-5-3-2-4-6-8-10-12-14-24-34-29-22-20-28(21-23-29)27-18-16-26(25-31)17-19-27;34-28(35)14-12-10-8-6-4-2-1-3-5-7-9-11-13-23-36-27-21-19-25(20-22-27)24-15-17-26(18-16-24)29-30-32-33-31-29;1-20-17(19)15-13-11-9-7-5-3-2-4-6-8-10-12-14-16-18;17-15-13-11-9-7-5-3-1-2-4-6-8-10-12-14-16(18)19/h16-23H,2-15,24H2,1H3,(H,31,32,33,34);16-23H,2-15,24H2,1H3;15-22H,1-14,23H2,(H,34,35)(H,30,31,32,33);2-16H2,1H3;1-15H2,(H,18,19). The molecule has 24 heteroatoms. The van der Waals surface area contributed by atoms with E-state index in [1.54, 1.807) is 0 Å². The van der Waals surface area contributed by atoms with E-state index in [-0.39, 0.29) is 17.9 Å². The van der Waals surface area contributed by atoms with Gasteiger partial charge in [0.15, 0.2) is 0 Å². The van der Waals surface area contributed by atoms with Gasteiger partial charge in [-0.25, -0.2) is 0 Å². The van der Waals surface area contributed by atoms with E-state index in [1.807, 2.05) is 84.9 Å². The van der Waals surface area contributed by atoms with Gasteiger partial charge in [-0.1, -0.05) is 482 Å². The highest BCUT2D eigenvalue weighted by Gasteiger charge is 2.12. The van der Waals surface area contributed by atoms with Gasteiger partial charge in [-0.2, -0.15) is 15.7 Å². The summed E-state index contributed by atoms with van der Waals surface area (Å²) >= 11 is 6.93. The second kappa shape index (κ2) is 94.1. The molecular formula is C122H187Br2N9O13. The number of ether oxygens (including phenoxy) is 6. The molecule has 2 aromatic heterocycles. The van der Waals surface area contributed by atoms with Gasteiger partial charge in [-0.05, 0) is 157 Å². The first-order valence-electron chi connectivity index (χ1n) is 56.9. The van der Waals surface area contributed by atoms with E-state index in [0.717, 1.165) is 169 Å². The highest BCUT2D eigenvalue weighted by molar-refractivity contribution is 9.09. The summed E-state index contributed by atoms with van der Waals surface area (Å²) in [6.45, 7) is 2.32. The molecule has 146 heavy (non-hydrogen) atoms. The number of nitriles is 1. The van der Waals surface area contributed by atoms with E-state index in [0.29, 0.717) is 49.3 Å². The lowest BCUT2D eigenvalue weighted by Crippen LogP contribution is -1.99. The maximum absolute atomic E-state index is 11.1. The number of methoxy groups -OCH3 is 3. The average Bonchev–Trinajstić information content (AvgIpc) is 1.25. The number of nitrogens with one attached hydrogen (secondary N) is 2. The molecule has 0 fully saturated rings. The number of hydrogen-bond donors (Lipinski definition) is 4. The van der Waals surface area contributed by atoms with Crippen molar-refractivity contribution < 1.29 is 62.6 Å². The molecule has 8 aromatic rings. The molecule has 8 rings (SSSR count). The van der Waals surface area contributed by atoms with Crippen LogP contribution in [0.15, 0.2) is 146 Å². The van der Waals surface area contributed by atoms with Crippen molar-refractivity contribution >= 4 is 61.7 Å². The Morgan fingerprint density at radius 2 is 0.418 bits per heavy atom. The number of aromatic amines is 2. The predicted molar refractivity (Wildman–Crippen MR) is 605 cm³/mol. The number of carbonyl (C=O) groups excluding carboxylic acids is 3. The molecular weight excluding hydrogens is 1960 g/mol. The fourth-order valence-corrected chi connectivity index (χ4v) is 18.4. The molecule has 812 valence electrons. The van der Waals surface area contributed by atoms with Gasteiger partial charge in [0, 0.05) is 53.9 Å². The molecule has 4 N–H and O–H groups in total. The first kappa shape index (κ1) is 129. The minimum absolute atomic E-state index is 0.0684. The van der Waals surface area contributed by atoms with Crippen molar-refractivity contribution in [2.75, 3.05) is 51.8 Å². The Morgan fingerprint density at radius 3 is 0.596 bits per heavy atom. The van der Waals surface area contributed by atoms with E-state index >= 15 is 0 Å². The molecule has 2 heterocycles. The average molecular weight is 2150 g/mol. The number of carboxylic acids is 2. The molecule has 0 bridgehead atoms. The maximum atomic E-state index is 11.1. The molecule has 0 amide bonds. The SMILES string of the molecule is COC(=O)CCCCCCCCCCCCCCCBr.COC(=O)CCCCCCCCCCCCCCCOc1ccc(-c2ccc(-c3nn[nH]n3)cc2)cc1.COC(=O)CCCCCCCCCCCCCCCOc1ccc(-c2ccc(C#N)cc2)cc1.O=C(O)CCCCCCCCCCCCCCCBr.O=C(O)CCCCCCCCCCCCCCCOc1ccc(-c2ccc(-c3nn[nH]n3)cc2)cc1. The molecule has 0 aliphatic rings. The molecule has 0 unspecified atom stereocenters. The van der Waals surface area contributed by atoms with Crippen LogP contribution >= 0.6 is 31.9 Å². The number of esters is 3. The first-order valence-corrected chi connectivity index (χ1v) is 59.2. The van der Waals surface area contributed by atoms with Gasteiger partial charge in [0.1, 0.15) is 17.2 Å². The van der Waals surface area contributed by atoms with Crippen LogP contribution in [-0.2, 0) is 38.2 Å². The summed E-state index contributed by atoms with van der Waals surface area (Å²) < 4.78 is 31.7. The number of unbranched alkanes of at least 4 members (excludes halogenated alkanes) is 60. The van der Waals surface area contributed by atoms with Crippen LogP contribution in [0, 0.1) is 11.3 Å². The molecule has 22 nitrogen and oxygen atoms in total. The second-order valence-corrected chi connectivity index (χ2v) is 40.6. The van der Waals surface area contributed by atoms with Crippen LogP contribution in [0.5, 0.6) is 17.2 Å². The normalized spacial score (nSPS) is 10.8. The van der Waals surface area contributed by atoms with Crippen molar-refractivity contribution in [2.45, 2.75) is 449 Å². The summed E-state index contributed by atoms with van der Waals surface area (Å²) in [6.07, 6.45) is 84.9. The monoisotopic (exact) mass is 2140 g/mol. The van der Waals surface area contributed by atoms with Gasteiger partial charge in [0.05, 0.1) is 52.8 Å². The quantitative estimate of drug-likeness (QED) is 0.0119. The number of rotatable bonds is 86. The van der Waals surface area contributed by atoms with Crippen LogP contribution in [0.25, 0.3) is 56.2 Å². The summed E-state index contributed by atoms with van der Waals surface area (Å²) in [7, 11) is 4.38. The zero-order chi connectivity index (χ0) is 105. The predicted octanol–water partition coefficient (Wildman–Crippen LogP) is 35.2. The summed E-state index contributed by atoms with van der Waals surface area (Å²) in [4.78, 5) is 53.8. The summed E-state index contributed by atoms with van der Waals surface area (Å²) in [5.41, 5.74) is 9.39. The van der Waals surface area contributed by atoms with Crippen LogP contribution in [0.3, 0.4) is 0 Å². The number of halogens is 2. The van der Waals surface area contributed by atoms with Crippen molar-refractivity contribution in [1.29, 1.82) is 5.26 Å². The Kier molecular flexibility index (Phi) is 83.1. The summed E-state index contributed by atoms with van der Waals surface area (Å²) in [5, 5.41) is 56.5. The third kappa shape index (κ3) is 72.9. The van der Waals surface area contributed by atoms with Crippen LogP contribution in [0.4, 0.5) is 0 Å². The molecule has 6 aromatic carbocycles. The Labute approximate surface area is 896 Å². The highest BCUT2D eigenvalue weighted by Crippen LogP contribution is 2.30. The lowest BCUT2D eigenvalue weighted by atomic mass is 10.0. The lowest BCUT2D eigenvalue weighted by Gasteiger charge is -2.08. The second-order valence-electron chi connectivity index (χ2n) is 39.1. The zero-order valence-corrected chi connectivity index (χ0v) is 93.3. The number of carboxylic acid groups (broad SMARTS) is 2. The van der Waals surface area contributed by atoms with Crippen LogP contribution < -0.4 is 14.2 Å². The van der Waals surface area contributed by atoms with E-state index in [1.165, 1.54) is 362 Å². The van der Waals surface area contributed by atoms with E-state index < -0.39 is 11.9 Å². The van der Waals surface area contributed by atoms with Gasteiger partial charge in [0.25, 0.3) is 0 Å². The van der Waals surface area contributed by atoms with Gasteiger partial charge in [0.2, 0.25) is 11.6 Å². The smallest absolute Gasteiger partial charge is 0.305 e. The maximum Gasteiger partial charge on any atom is 0.305 e. The van der Waals surface area contributed by atoms with Crippen LogP contribution in [0.2, 0.25) is 0 Å². The largest absolute Gasteiger partial charge is 0.494 e. The Morgan fingerprint density at radius 1 is 0.247 bits per heavy atom. The minimum Gasteiger partial charge on any atom is -0.494 e. The van der Waals surface area contributed by atoms with Gasteiger partial charge in [-0.15, -0.1) is 20.4 Å². The molecule has 0 spiro atoms. The van der Waals surface area contributed by atoms with Crippen LogP contribution in [0.1, 0.15) is 455 Å². The number of alkyl halides is 2. The lowest BCUT2D eigenvalue weighted by molar-refractivity contribution is -0.141. The number of aliphatic carboxylic acids is 2. The Balaban J connectivity index is 0.000000390. The molecule has 0 aliphatic carbocycles. The number of benzene rings is 6. The van der Waals surface area contributed by atoms with E-state index in [2.05, 4.69) is 154 Å². The molecule has 0 atom stereocenters. The third-order valence-corrected chi connectivity index (χ3v) is 27.8. The first-order chi connectivity index (χ1) is 71.8. The number of hydrogen-bond acceptors (Lipinski definition) is 18. The minimum atomic E-state index is -0.671. The summed E-state index contributed by atoms with van der Waals surface area (Å²) in [5.74, 6) is 2.40. The third-order valence-electron chi connectivity index (χ3n) is 26.7. The fourth-order valence-electron chi connectivity index (χ4n) is 17.6. The van der Waals surface area contributed by atoms with E-state index in [9.17, 15) is 24.0 Å². The fraction of sp³-hybridized carbons (Fsp3) is 0.639. The number of nitrogens with zero attached hydrogens (tertiary/aromatic N) is 7. The molecule has 0 radical (unpaired) electrons. The van der Waals surface area contributed by atoms with Gasteiger partial charge >= 0.3 is 29.8 Å². The number of H-pyrrole nitrogens is 2. The number of carbonyl (C=O) groups is 5. The van der Waals surface area contributed by atoms with Crippen molar-refractivity contribution in [1.82, 2.24) is 41.2 Å². The topological polar surface area (TPSA) is 314 Å². The van der Waals surface area contributed by atoms with Crippen molar-refractivity contribution in [2.24, 2.45) is 0 Å². The highest BCUT2D eigenvalue weighted by atomic mass is 79.9. The number of tetrazole rings is 2. The Hall–Kier alpha value is -9.34. The number of aromatic nitrogens is 8. The zero-order valence-electron chi connectivity index (χ0n) is 90.2. The van der Waals surface area contributed by atoms with Crippen molar-refractivity contribution in [3.63, 3.8) is 0 Å². The van der Waals surface area contributed by atoms with Gasteiger partial charge in [-0.3, -0.25) is 24.0 Å². The molecule has 0 saturated heterocycles. The van der Waals surface area contributed by atoms with E-state index in [4.69, 9.17) is 29.7 Å². The molecule has 0 aliphatic heterocycles. The summed E-state index contributed by atoms with van der Waals surface area (Å²) in [6, 6.07) is 50.8.